The molecule has 1 aliphatic heterocycles. The Morgan fingerprint density at radius 3 is 2.82 bits per heavy atom. The quantitative estimate of drug-likeness (QED) is 0.766. The molecule has 17 heavy (non-hydrogen) atoms. The summed E-state index contributed by atoms with van der Waals surface area (Å²) in [5.41, 5.74) is 0. The van der Waals surface area contributed by atoms with Gasteiger partial charge in [-0.25, -0.2) is 0 Å². The molecule has 100 valence electrons. The maximum atomic E-state index is 11.7. The van der Waals surface area contributed by atoms with E-state index in [0.717, 1.165) is 25.9 Å². The van der Waals surface area contributed by atoms with Crippen LogP contribution in [0, 0.1) is 0 Å². The zero-order valence-corrected chi connectivity index (χ0v) is 12.5. The van der Waals surface area contributed by atoms with Crippen molar-refractivity contribution in [2.75, 3.05) is 6.61 Å². The summed E-state index contributed by atoms with van der Waals surface area (Å²) < 4.78 is 5.61. The van der Waals surface area contributed by atoms with Gasteiger partial charge in [0.1, 0.15) is 0 Å². The highest BCUT2D eigenvalue weighted by Crippen LogP contribution is 2.17. The number of carbonyl (C=O) groups excluding carboxylic acids is 1. The molecule has 0 bridgehead atoms. The molecule has 3 unspecified atom stereocenters. The van der Waals surface area contributed by atoms with Crippen LogP contribution in [-0.2, 0) is 9.53 Å². The number of nitrogens with one attached hydrogen (secondary N) is 1. The lowest BCUT2D eigenvalue weighted by Crippen LogP contribution is -2.34. The van der Waals surface area contributed by atoms with Gasteiger partial charge in [-0.05, 0) is 39.0 Å². The molecule has 1 saturated heterocycles. The topological polar surface area (TPSA) is 38.3 Å². The molecule has 3 nitrogen and oxygen atoms in total. The van der Waals surface area contributed by atoms with E-state index in [9.17, 15) is 4.79 Å². The minimum absolute atomic E-state index is 0.153. The van der Waals surface area contributed by atoms with E-state index in [1.807, 2.05) is 6.92 Å². The van der Waals surface area contributed by atoms with Gasteiger partial charge >= 0.3 is 0 Å². The average molecular weight is 306 g/mol. The van der Waals surface area contributed by atoms with E-state index < -0.39 is 0 Å². The first kappa shape index (κ1) is 15.0. The van der Waals surface area contributed by atoms with E-state index in [0.29, 0.717) is 17.4 Å². The minimum atomic E-state index is 0.153. The van der Waals surface area contributed by atoms with Crippen LogP contribution in [0.2, 0.25) is 0 Å². The van der Waals surface area contributed by atoms with Crippen LogP contribution < -0.4 is 5.32 Å². The number of alkyl halides is 1. The fourth-order valence-electron chi connectivity index (χ4n) is 2.22. The summed E-state index contributed by atoms with van der Waals surface area (Å²) in [4.78, 5) is 12.1. The van der Waals surface area contributed by atoms with E-state index >= 15 is 0 Å². The van der Waals surface area contributed by atoms with Crippen molar-refractivity contribution in [3.05, 3.63) is 0 Å². The van der Waals surface area contributed by atoms with Crippen molar-refractivity contribution in [1.82, 2.24) is 5.32 Å². The molecule has 0 spiro atoms. The molecule has 4 heteroatoms. The molecular weight excluding hydrogens is 282 g/mol. The minimum Gasteiger partial charge on any atom is -0.378 e. The Labute approximate surface area is 113 Å². The molecule has 1 N–H and O–H groups in total. The number of hydrogen-bond donors (Lipinski definition) is 1. The second kappa shape index (κ2) is 8.09. The zero-order valence-electron chi connectivity index (χ0n) is 10.9. The van der Waals surface area contributed by atoms with Gasteiger partial charge in [0.05, 0.1) is 6.10 Å². The summed E-state index contributed by atoms with van der Waals surface area (Å²) in [5.74, 6) is 0.153. The second-order valence-electron chi connectivity index (χ2n) is 5.01. The third-order valence-electron chi connectivity index (χ3n) is 3.05. The molecule has 0 aromatic carbocycles. The van der Waals surface area contributed by atoms with E-state index in [4.69, 9.17) is 4.74 Å². The lowest BCUT2D eigenvalue weighted by atomic mass is 10.0. The number of hydrogen-bond acceptors (Lipinski definition) is 2. The van der Waals surface area contributed by atoms with Crippen molar-refractivity contribution in [3.63, 3.8) is 0 Å². The molecule has 0 saturated carbocycles. The molecule has 0 aromatic heterocycles. The number of amides is 1. The average Bonchev–Trinajstić information content (AvgIpc) is 2.26. The Morgan fingerprint density at radius 2 is 2.24 bits per heavy atom. The number of rotatable bonds is 6. The van der Waals surface area contributed by atoms with Gasteiger partial charge < -0.3 is 10.1 Å². The van der Waals surface area contributed by atoms with Crippen LogP contribution >= 0.6 is 15.9 Å². The van der Waals surface area contributed by atoms with Crippen LogP contribution in [0.5, 0.6) is 0 Å². The number of carbonyl (C=O) groups is 1. The molecule has 0 aromatic rings. The van der Waals surface area contributed by atoms with Crippen LogP contribution in [0.25, 0.3) is 0 Å². The lowest BCUT2D eigenvalue weighted by molar-refractivity contribution is -0.122. The third-order valence-corrected chi connectivity index (χ3v) is 3.43. The van der Waals surface area contributed by atoms with Crippen molar-refractivity contribution in [1.29, 1.82) is 0 Å². The van der Waals surface area contributed by atoms with Crippen LogP contribution in [-0.4, -0.2) is 29.5 Å². The van der Waals surface area contributed by atoms with E-state index in [1.54, 1.807) is 0 Å². The Morgan fingerprint density at radius 1 is 1.47 bits per heavy atom. The molecule has 1 aliphatic rings. The van der Waals surface area contributed by atoms with Crippen molar-refractivity contribution in [2.45, 2.75) is 69.3 Å². The Hall–Kier alpha value is -0.0900. The molecule has 1 amide bonds. The summed E-state index contributed by atoms with van der Waals surface area (Å²) in [7, 11) is 0. The van der Waals surface area contributed by atoms with Gasteiger partial charge in [-0.3, -0.25) is 4.79 Å². The second-order valence-corrected chi connectivity index (χ2v) is 6.58. The van der Waals surface area contributed by atoms with Crippen LogP contribution in [0.15, 0.2) is 0 Å². The summed E-state index contributed by atoms with van der Waals surface area (Å²) in [6, 6.07) is 0.240. The van der Waals surface area contributed by atoms with Crippen molar-refractivity contribution >= 4 is 21.8 Å². The fraction of sp³-hybridized carbons (Fsp3) is 0.923. The maximum Gasteiger partial charge on any atom is 0.220 e. The molecule has 0 aliphatic carbocycles. The van der Waals surface area contributed by atoms with E-state index in [2.05, 4.69) is 28.2 Å². The molecule has 0 radical (unpaired) electrons. The fourth-order valence-corrected chi connectivity index (χ4v) is 2.78. The summed E-state index contributed by atoms with van der Waals surface area (Å²) in [6.07, 6.45) is 6.24. The summed E-state index contributed by atoms with van der Waals surface area (Å²) in [6.45, 7) is 5.01. The molecule has 1 heterocycles. The highest BCUT2D eigenvalue weighted by atomic mass is 79.9. The van der Waals surface area contributed by atoms with Crippen molar-refractivity contribution in [2.24, 2.45) is 0 Å². The van der Waals surface area contributed by atoms with Gasteiger partial charge in [-0.1, -0.05) is 22.9 Å². The Kier molecular flexibility index (Phi) is 7.12. The van der Waals surface area contributed by atoms with Gasteiger partial charge in [0.2, 0.25) is 5.91 Å². The largest absolute Gasteiger partial charge is 0.378 e. The monoisotopic (exact) mass is 305 g/mol. The van der Waals surface area contributed by atoms with Crippen LogP contribution in [0.4, 0.5) is 0 Å². The van der Waals surface area contributed by atoms with Gasteiger partial charge in [0, 0.05) is 23.9 Å². The normalized spacial score (nSPS) is 24.1. The summed E-state index contributed by atoms with van der Waals surface area (Å²) in [5, 5.41) is 3.03. The molecule has 1 fully saturated rings. The Bertz CT molecular complexity index is 227. The first-order chi connectivity index (χ1) is 8.08. The number of halogens is 1. The molecule has 3 atom stereocenters. The highest BCUT2D eigenvalue weighted by Gasteiger charge is 2.16. The van der Waals surface area contributed by atoms with Gasteiger partial charge in [-0.15, -0.1) is 0 Å². The van der Waals surface area contributed by atoms with Crippen LogP contribution in [0.1, 0.15) is 52.4 Å². The van der Waals surface area contributed by atoms with Gasteiger partial charge in [0.25, 0.3) is 0 Å². The van der Waals surface area contributed by atoms with Crippen molar-refractivity contribution < 1.29 is 9.53 Å². The van der Waals surface area contributed by atoms with E-state index in [-0.39, 0.29) is 11.9 Å². The third kappa shape index (κ3) is 7.04. The number of ether oxygens (including phenoxy) is 1. The first-order valence-electron chi connectivity index (χ1n) is 6.63. The standard InChI is InChI=1S/C13H24BrNO2/c1-10(14)9-11(2)15-13(16)7-6-12-5-3-4-8-17-12/h10-12H,3-9H2,1-2H3,(H,15,16). The van der Waals surface area contributed by atoms with Crippen LogP contribution in [0.3, 0.4) is 0 Å². The van der Waals surface area contributed by atoms with Crippen molar-refractivity contribution in [3.8, 4) is 0 Å². The smallest absolute Gasteiger partial charge is 0.220 e. The summed E-state index contributed by atoms with van der Waals surface area (Å²) >= 11 is 3.50. The highest BCUT2D eigenvalue weighted by molar-refractivity contribution is 9.09. The lowest BCUT2D eigenvalue weighted by Gasteiger charge is -2.22. The zero-order chi connectivity index (χ0) is 12.7. The van der Waals surface area contributed by atoms with E-state index in [1.165, 1.54) is 12.8 Å². The molecule has 1 rings (SSSR count). The predicted molar refractivity (Wildman–Crippen MR) is 73.4 cm³/mol. The SMILES string of the molecule is CC(Br)CC(C)NC(=O)CCC1CCCCO1. The Balaban J connectivity index is 2.11. The molecular formula is C13H24BrNO2. The predicted octanol–water partition coefficient (Wildman–Crippen LogP) is 3.01. The first-order valence-corrected chi connectivity index (χ1v) is 7.54. The maximum absolute atomic E-state index is 11.7. The van der Waals surface area contributed by atoms with Gasteiger partial charge in [-0.2, -0.15) is 0 Å². The van der Waals surface area contributed by atoms with Gasteiger partial charge in [0.15, 0.2) is 0 Å².